The van der Waals surface area contributed by atoms with E-state index in [1.54, 1.807) is 0 Å². The molecule has 0 saturated heterocycles. The van der Waals surface area contributed by atoms with Crippen molar-refractivity contribution in [1.29, 1.82) is 0 Å². The van der Waals surface area contributed by atoms with Crippen LogP contribution < -0.4 is 5.73 Å². The third-order valence-electron chi connectivity index (χ3n) is 3.19. The molecule has 8 heteroatoms. The van der Waals surface area contributed by atoms with Crippen LogP contribution in [0.2, 0.25) is 0 Å². The number of ether oxygens (including phenoxy) is 1. The van der Waals surface area contributed by atoms with Crippen LogP contribution in [0.3, 0.4) is 0 Å². The molecular formula is C12H13F4N3O. The van der Waals surface area contributed by atoms with Crippen LogP contribution in [0.1, 0.15) is 19.5 Å². The summed E-state index contributed by atoms with van der Waals surface area (Å²) in [6.45, 7) is 1.84. The predicted octanol–water partition coefficient (Wildman–Crippen LogP) is 2.44. The van der Waals surface area contributed by atoms with Crippen molar-refractivity contribution in [3.8, 4) is 0 Å². The third kappa shape index (κ3) is 2.35. The van der Waals surface area contributed by atoms with Crippen molar-refractivity contribution < 1.29 is 22.3 Å². The molecule has 20 heavy (non-hydrogen) atoms. The van der Waals surface area contributed by atoms with Crippen LogP contribution in [0, 0.1) is 5.82 Å². The van der Waals surface area contributed by atoms with E-state index in [9.17, 15) is 17.6 Å². The zero-order valence-electron chi connectivity index (χ0n) is 10.8. The fourth-order valence-corrected chi connectivity index (χ4v) is 1.75. The van der Waals surface area contributed by atoms with Crippen molar-refractivity contribution in [2.24, 2.45) is 4.99 Å². The predicted molar refractivity (Wildman–Crippen MR) is 64.9 cm³/mol. The van der Waals surface area contributed by atoms with Crippen molar-refractivity contribution in [1.82, 2.24) is 4.98 Å². The third-order valence-corrected chi connectivity index (χ3v) is 3.19. The number of hydrogen-bond donors (Lipinski definition) is 1. The normalized spacial score (nSPS) is 30.5. The Labute approximate surface area is 112 Å². The Morgan fingerprint density at radius 1 is 1.30 bits per heavy atom. The van der Waals surface area contributed by atoms with E-state index in [4.69, 9.17) is 10.5 Å². The molecule has 0 spiro atoms. The number of rotatable bonds is 1. The fraction of sp³-hybridized carbons (Fsp3) is 0.500. The number of aromatic nitrogens is 1. The van der Waals surface area contributed by atoms with Gasteiger partial charge in [0.2, 0.25) is 0 Å². The second kappa shape index (κ2) is 4.41. The minimum atomic E-state index is -4.60. The van der Waals surface area contributed by atoms with Crippen molar-refractivity contribution in [2.75, 3.05) is 12.3 Å². The van der Waals surface area contributed by atoms with E-state index in [2.05, 4.69) is 9.98 Å². The highest BCUT2D eigenvalue weighted by Crippen LogP contribution is 2.39. The lowest BCUT2D eigenvalue weighted by molar-refractivity contribution is -0.247. The summed E-state index contributed by atoms with van der Waals surface area (Å²) < 4.78 is 57.0. The number of anilines is 1. The van der Waals surface area contributed by atoms with E-state index < -0.39 is 29.7 Å². The van der Waals surface area contributed by atoms with Gasteiger partial charge in [-0.05, 0) is 26.0 Å². The topological polar surface area (TPSA) is 60.5 Å². The molecule has 2 atom stereocenters. The quantitative estimate of drug-likeness (QED) is 0.808. The highest BCUT2D eigenvalue weighted by Gasteiger charge is 2.55. The lowest BCUT2D eigenvalue weighted by Crippen LogP contribution is -2.52. The summed E-state index contributed by atoms with van der Waals surface area (Å²) in [7, 11) is 0. The molecule has 2 rings (SSSR count). The Morgan fingerprint density at radius 3 is 2.45 bits per heavy atom. The van der Waals surface area contributed by atoms with Gasteiger partial charge in [0.05, 0.1) is 6.61 Å². The number of halogens is 4. The summed E-state index contributed by atoms with van der Waals surface area (Å²) in [5.41, 5.74) is 1.50. The first-order chi connectivity index (χ1) is 9.07. The van der Waals surface area contributed by atoms with Gasteiger partial charge in [0.15, 0.2) is 5.60 Å². The molecular weight excluding hydrogens is 278 g/mol. The second-order valence-corrected chi connectivity index (χ2v) is 4.99. The van der Waals surface area contributed by atoms with Crippen molar-refractivity contribution in [2.45, 2.75) is 31.2 Å². The molecule has 0 fully saturated rings. The van der Waals surface area contributed by atoms with Crippen LogP contribution in [0.4, 0.5) is 23.4 Å². The Hall–Kier alpha value is -1.70. The average molecular weight is 291 g/mol. The summed E-state index contributed by atoms with van der Waals surface area (Å²) >= 11 is 0. The smallest absolute Gasteiger partial charge is 0.384 e. The highest BCUT2D eigenvalue weighted by molar-refractivity contribution is 5.71. The Kier molecular flexibility index (Phi) is 3.24. The van der Waals surface area contributed by atoms with E-state index in [0.717, 1.165) is 13.0 Å². The Morgan fingerprint density at radius 2 is 1.95 bits per heavy atom. The number of pyridine rings is 1. The maximum Gasteiger partial charge on any atom is 0.422 e. The van der Waals surface area contributed by atoms with Gasteiger partial charge in [-0.1, -0.05) is 0 Å². The van der Waals surface area contributed by atoms with Gasteiger partial charge in [-0.25, -0.2) is 9.37 Å². The van der Waals surface area contributed by atoms with Gasteiger partial charge in [-0.3, -0.25) is 4.99 Å². The summed E-state index contributed by atoms with van der Waals surface area (Å²) in [5, 5.41) is 0. The van der Waals surface area contributed by atoms with E-state index in [1.165, 1.54) is 13.0 Å². The summed E-state index contributed by atoms with van der Waals surface area (Å²) in [6, 6.07) is 2.35. The number of nitrogen functional groups attached to an aromatic ring is 1. The van der Waals surface area contributed by atoms with Crippen molar-refractivity contribution >= 4 is 12.0 Å². The monoisotopic (exact) mass is 291 g/mol. The molecule has 0 bridgehead atoms. The molecule has 1 aliphatic heterocycles. The molecule has 0 aliphatic carbocycles. The second-order valence-electron chi connectivity index (χ2n) is 4.99. The van der Waals surface area contributed by atoms with Crippen molar-refractivity contribution in [3.05, 3.63) is 23.6 Å². The van der Waals surface area contributed by atoms with E-state index >= 15 is 0 Å². The standard InChI is InChI=1S/C12H13F4N3O/c1-10(9-7(13)3-4-8(17)19-9)6-20-11(2,5-18-10)12(14,15)16/h3-5H,6H2,1-2H3,(H2,17,19)/t10-,11-/m1/s1. The van der Waals surface area contributed by atoms with Gasteiger partial charge in [0.1, 0.15) is 22.9 Å². The molecule has 1 aromatic rings. The molecule has 0 saturated carbocycles. The molecule has 1 aromatic heterocycles. The largest absolute Gasteiger partial charge is 0.422 e. The molecule has 2 N–H and O–H groups in total. The van der Waals surface area contributed by atoms with Gasteiger partial charge in [0, 0.05) is 6.21 Å². The molecule has 2 heterocycles. The number of hydrogen-bond acceptors (Lipinski definition) is 4. The first-order valence-electron chi connectivity index (χ1n) is 5.77. The first kappa shape index (κ1) is 14.7. The van der Waals surface area contributed by atoms with Crippen LogP contribution in [0.15, 0.2) is 17.1 Å². The molecule has 110 valence electrons. The average Bonchev–Trinajstić information content (AvgIpc) is 2.35. The van der Waals surface area contributed by atoms with Crippen LogP contribution in [-0.2, 0) is 10.3 Å². The van der Waals surface area contributed by atoms with Gasteiger partial charge >= 0.3 is 6.18 Å². The highest BCUT2D eigenvalue weighted by atomic mass is 19.4. The molecule has 4 nitrogen and oxygen atoms in total. The molecule has 1 aliphatic rings. The Balaban J connectivity index is 2.40. The van der Waals surface area contributed by atoms with Gasteiger partial charge in [-0.15, -0.1) is 0 Å². The number of aliphatic imine (C=N–C) groups is 1. The van der Waals surface area contributed by atoms with Crippen LogP contribution >= 0.6 is 0 Å². The lowest BCUT2D eigenvalue weighted by atomic mass is 9.94. The van der Waals surface area contributed by atoms with E-state index in [1.807, 2.05) is 0 Å². The summed E-state index contributed by atoms with van der Waals surface area (Å²) in [5.74, 6) is -0.639. The molecule has 0 radical (unpaired) electrons. The number of nitrogens with two attached hydrogens (primary N) is 1. The maximum atomic E-state index is 13.8. The van der Waals surface area contributed by atoms with Crippen LogP contribution in [-0.4, -0.2) is 29.6 Å². The zero-order valence-corrected chi connectivity index (χ0v) is 10.8. The van der Waals surface area contributed by atoms with E-state index in [-0.39, 0.29) is 11.5 Å². The minimum Gasteiger partial charge on any atom is -0.384 e. The van der Waals surface area contributed by atoms with Gasteiger partial charge < -0.3 is 10.5 Å². The summed E-state index contributed by atoms with van der Waals surface area (Å²) in [4.78, 5) is 7.63. The molecule has 0 aromatic carbocycles. The van der Waals surface area contributed by atoms with E-state index in [0.29, 0.717) is 6.21 Å². The SMILES string of the molecule is C[C@]1(c2nc(N)ccc2F)CO[C@@](C)(C(F)(F)F)C=N1. The fourth-order valence-electron chi connectivity index (χ4n) is 1.75. The summed E-state index contributed by atoms with van der Waals surface area (Å²) in [6.07, 6.45) is -3.96. The Bertz CT molecular complexity index is 560. The van der Waals surface area contributed by atoms with Crippen molar-refractivity contribution in [3.63, 3.8) is 0 Å². The maximum absolute atomic E-state index is 13.8. The lowest BCUT2D eigenvalue weighted by Gasteiger charge is -2.37. The zero-order chi connectivity index (χ0) is 15.2. The van der Waals surface area contributed by atoms with Gasteiger partial charge in [-0.2, -0.15) is 13.2 Å². The number of nitrogens with zero attached hydrogens (tertiary/aromatic N) is 2. The molecule has 0 amide bonds. The van der Waals surface area contributed by atoms with Crippen LogP contribution in [0.5, 0.6) is 0 Å². The van der Waals surface area contributed by atoms with Gasteiger partial charge in [0.25, 0.3) is 0 Å². The number of alkyl halides is 3. The minimum absolute atomic E-state index is 0.0574. The first-order valence-corrected chi connectivity index (χ1v) is 5.77. The van der Waals surface area contributed by atoms with Crippen LogP contribution in [0.25, 0.3) is 0 Å². The molecule has 0 unspecified atom stereocenters.